The van der Waals surface area contributed by atoms with Crippen molar-refractivity contribution < 1.29 is 13.2 Å². The van der Waals surface area contributed by atoms with E-state index in [2.05, 4.69) is 9.97 Å². The van der Waals surface area contributed by atoms with Crippen LogP contribution in [0.3, 0.4) is 0 Å². The van der Waals surface area contributed by atoms with E-state index >= 15 is 0 Å². The van der Waals surface area contributed by atoms with Gasteiger partial charge in [0.2, 0.25) is 9.84 Å². The number of fused-ring (bicyclic) bond motifs is 2. The molecular weight excluding hydrogens is 420 g/mol. The van der Waals surface area contributed by atoms with Gasteiger partial charge in [0.1, 0.15) is 16.5 Å². The van der Waals surface area contributed by atoms with Gasteiger partial charge in [-0.25, -0.2) is 13.4 Å². The van der Waals surface area contributed by atoms with E-state index in [4.69, 9.17) is 4.74 Å². The molecule has 0 radical (unpaired) electrons. The largest absolute Gasteiger partial charge is 0.497 e. The highest BCUT2D eigenvalue weighted by Gasteiger charge is 2.25. The summed E-state index contributed by atoms with van der Waals surface area (Å²) >= 11 is 0. The Morgan fingerprint density at radius 1 is 0.875 bits per heavy atom. The van der Waals surface area contributed by atoms with E-state index in [1.54, 1.807) is 43.5 Å². The van der Waals surface area contributed by atoms with Crippen LogP contribution in [0.4, 0.5) is 0 Å². The molecule has 0 saturated carbocycles. The standard InChI is InChI=1S/C26H20N2O3S/c1-31-21-14-13-19-15-18(11-12-20(19)17-21)16-25(32(29,30)22-7-3-2-4-8-22)26-27-23-9-5-6-10-24(23)28-26/h2-17H,1H3,(H,27,28)/b25-16-. The zero-order valence-corrected chi connectivity index (χ0v) is 18.1. The third-order valence-electron chi connectivity index (χ3n) is 5.34. The zero-order chi connectivity index (χ0) is 22.1. The molecule has 158 valence electrons. The lowest BCUT2D eigenvalue weighted by Gasteiger charge is -2.09. The molecule has 5 aromatic rings. The van der Waals surface area contributed by atoms with Gasteiger partial charge in [-0.15, -0.1) is 0 Å². The average Bonchev–Trinajstić information content (AvgIpc) is 3.26. The van der Waals surface area contributed by atoms with Crippen LogP contribution in [0.1, 0.15) is 11.4 Å². The van der Waals surface area contributed by atoms with Crippen molar-refractivity contribution in [1.29, 1.82) is 0 Å². The first-order valence-corrected chi connectivity index (χ1v) is 11.6. The van der Waals surface area contributed by atoms with E-state index in [0.717, 1.165) is 27.6 Å². The third-order valence-corrected chi connectivity index (χ3v) is 7.12. The smallest absolute Gasteiger partial charge is 0.210 e. The van der Waals surface area contributed by atoms with Crippen molar-refractivity contribution in [3.8, 4) is 5.75 Å². The Morgan fingerprint density at radius 2 is 1.59 bits per heavy atom. The van der Waals surface area contributed by atoms with E-state index in [1.165, 1.54) is 0 Å². The molecule has 0 aliphatic rings. The lowest BCUT2D eigenvalue weighted by Crippen LogP contribution is -2.05. The highest BCUT2D eigenvalue weighted by molar-refractivity contribution is 8.00. The molecule has 0 fully saturated rings. The molecule has 5 nitrogen and oxygen atoms in total. The summed E-state index contributed by atoms with van der Waals surface area (Å²) in [6.07, 6.45) is 1.67. The predicted octanol–water partition coefficient (Wildman–Crippen LogP) is 5.70. The van der Waals surface area contributed by atoms with Crippen molar-refractivity contribution in [1.82, 2.24) is 9.97 Å². The molecule has 0 atom stereocenters. The van der Waals surface area contributed by atoms with Crippen molar-refractivity contribution in [3.63, 3.8) is 0 Å². The van der Waals surface area contributed by atoms with Gasteiger partial charge in [-0.1, -0.05) is 48.5 Å². The van der Waals surface area contributed by atoms with Gasteiger partial charge in [0.15, 0.2) is 0 Å². The normalized spacial score (nSPS) is 12.3. The molecule has 4 aromatic carbocycles. The van der Waals surface area contributed by atoms with Crippen LogP contribution in [-0.4, -0.2) is 25.5 Å². The number of para-hydroxylation sites is 2. The van der Waals surface area contributed by atoms with E-state index in [0.29, 0.717) is 11.3 Å². The van der Waals surface area contributed by atoms with Crippen molar-refractivity contribution >= 4 is 42.6 Å². The van der Waals surface area contributed by atoms with Crippen LogP contribution in [0.5, 0.6) is 5.75 Å². The SMILES string of the molecule is COc1ccc2cc(/C=C(/c3nc4ccccc4[nH]3)S(=O)(=O)c3ccccc3)ccc2c1. The molecule has 0 bridgehead atoms. The first-order valence-electron chi connectivity index (χ1n) is 10.1. The van der Waals surface area contributed by atoms with Crippen LogP contribution in [0.2, 0.25) is 0 Å². The van der Waals surface area contributed by atoms with Crippen LogP contribution >= 0.6 is 0 Å². The summed E-state index contributed by atoms with van der Waals surface area (Å²) in [5.74, 6) is 1.08. The lowest BCUT2D eigenvalue weighted by atomic mass is 10.1. The molecule has 0 aliphatic carbocycles. The number of sulfone groups is 1. The molecule has 5 rings (SSSR count). The monoisotopic (exact) mass is 440 g/mol. The van der Waals surface area contributed by atoms with Gasteiger partial charge in [0, 0.05) is 0 Å². The van der Waals surface area contributed by atoms with Gasteiger partial charge in [-0.05, 0) is 64.9 Å². The molecule has 1 heterocycles. The Bertz CT molecular complexity index is 1540. The topological polar surface area (TPSA) is 72.0 Å². The Hall–Kier alpha value is -3.90. The van der Waals surface area contributed by atoms with Gasteiger partial charge in [0.05, 0.1) is 23.0 Å². The van der Waals surface area contributed by atoms with Crippen LogP contribution in [-0.2, 0) is 9.84 Å². The Morgan fingerprint density at radius 3 is 2.38 bits per heavy atom. The number of hydrogen-bond donors (Lipinski definition) is 1. The molecule has 0 unspecified atom stereocenters. The first-order chi connectivity index (χ1) is 15.5. The Balaban J connectivity index is 1.70. The summed E-state index contributed by atoms with van der Waals surface area (Å²) in [6, 6.07) is 27.5. The average molecular weight is 441 g/mol. The predicted molar refractivity (Wildman–Crippen MR) is 128 cm³/mol. The fourth-order valence-corrected chi connectivity index (χ4v) is 5.09. The van der Waals surface area contributed by atoms with Crippen molar-refractivity contribution in [2.45, 2.75) is 4.90 Å². The second kappa shape index (κ2) is 7.98. The number of H-pyrrole nitrogens is 1. The number of rotatable bonds is 5. The van der Waals surface area contributed by atoms with E-state index in [1.807, 2.05) is 60.7 Å². The fourth-order valence-electron chi connectivity index (χ4n) is 3.68. The maximum atomic E-state index is 13.6. The minimum Gasteiger partial charge on any atom is -0.497 e. The Kier molecular flexibility index (Phi) is 4.99. The number of aromatic amines is 1. The van der Waals surface area contributed by atoms with E-state index in [9.17, 15) is 8.42 Å². The number of nitrogens with one attached hydrogen (secondary N) is 1. The first kappa shape index (κ1) is 20.0. The van der Waals surface area contributed by atoms with Gasteiger partial charge in [0.25, 0.3) is 0 Å². The lowest BCUT2D eigenvalue weighted by molar-refractivity contribution is 0.415. The van der Waals surface area contributed by atoms with Crippen LogP contribution in [0.15, 0.2) is 95.9 Å². The summed E-state index contributed by atoms with van der Waals surface area (Å²) in [6.45, 7) is 0. The quantitative estimate of drug-likeness (QED) is 0.381. The number of imidazole rings is 1. The number of benzene rings is 4. The minimum absolute atomic E-state index is 0.118. The number of methoxy groups -OCH3 is 1. The van der Waals surface area contributed by atoms with Gasteiger partial charge in [-0.3, -0.25) is 0 Å². The van der Waals surface area contributed by atoms with Crippen LogP contribution in [0, 0.1) is 0 Å². The summed E-state index contributed by atoms with van der Waals surface area (Å²) in [4.78, 5) is 8.07. The van der Waals surface area contributed by atoms with Crippen molar-refractivity contribution in [2.24, 2.45) is 0 Å². The van der Waals surface area contributed by atoms with Crippen molar-refractivity contribution in [2.75, 3.05) is 7.11 Å². The number of hydrogen-bond acceptors (Lipinski definition) is 4. The molecule has 6 heteroatoms. The molecule has 0 saturated heterocycles. The van der Waals surface area contributed by atoms with Crippen LogP contribution < -0.4 is 4.74 Å². The highest BCUT2D eigenvalue weighted by atomic mass is 32.2. The molecule has 0 aliphatic heterocycles. The molecular formula is C26H20N2O3S. The summed E-state index contributed by atoms with van der Waals surface area (Å²) in [5.41, 5.74) is 2.25. The number of aromatic nitrogens is 2. The summed E-state index contributed by atoms with van der Waals surface area (Å²) in [5, 5.41) is 2.00. The zero-order valence-electron chi connectivity index (χ0n) is 17.3. The molecule has 1 N–H and O–H groups in total. The second-order valence-electron chi connectivity index (χ2n) is 7.40. The Labute approximate surface area is 185 Å². The second-order valence-corrected chi connectivity index (χ2v) is 9.32. The minimum atomic E-state index is -3.82. The molecule has 0 amide bonds. The summed E-state index contributed by atoms with van der Waals surface area (Å²) in [7, 11) is -2.19. The molecule has 1 aromatic heterocycles. The third kappa shape index (κ3) is 3.65. The van der Waals surface area contributed by atoms with E-state index < -0.39 is 9.84 Å². The van der Waals surface area contributed by atoms with Gasteiger partial charge < -0.3 is 9.72 Å². The van der Waals surface area contributed by atoms with Crippen LogP contribution in [0.25, 0.3) is 32.8 Å². The van der Waals surface area contributed by atoms with Gasteiger partial charge >= 0.3 is 0 Å². The molecule has 32 heavy (non-hydrogen) atoms. The maximum Gasteiger partial charge on any atom is 0.210 e. The summed E-state index contributed by atoms with van der Waals surface area (Å²) < 4.78 is 32.5. The highest BCUT2D eigenvalue weighted by Crippen LogP contribution is 2.31. The van der Waals surface area contributed by atoms with E-state index in [-0.39, 0.29) is 9.80 Å². The van der Waals surface area contributed by atoms with Gasteiger partial charge in [-0.2, -0.15) is 0 Å². The number of ether oxygens (including phenoxy) is 1. The maximum absolute atomic E-state index is 13.6. The van der Waals surface area contributed by atoms with Crippen molar-refractivity contribution in [3.05, 3.63) is 102 Å². The molecule has 0 spiro atoms. The number of nitrogens with zero attached hydrogens (tertiary/aromatic N) is 1. The fraction of sp³-hybridized carbons (Fsp3) is 0.0385.